The van der Waals surface area contributed by atoms with Gasteiger partial charge in [-0.05, 0) is 57.1 Å². The number of benzene rings is 6. The summed E-state index contributed by atoms with van der Waals surface area (Å²) in [5.41, 5.74) is 12.1. The summed E-state index contributed by atoms with van der Waals surface area (Å²) in [5.74, 6) is 1.90. The Balaban J connectivity index is 1.51. The Hall–Kier alpha value is -4.88. The maximum absolute atomic E-state index is 6.89. The predicted octanol–water partition coefficient (Wildman–Crippen LogP) is 9.41. The van der Waals surface area contributed by atoms with Crippen LogP contribution in [0.4, 0.5) is 0 Å². The molecule has 1 heteroatoms. The molecule has 0 fully saturated rings. The Bertz CT molecular complexity index is 1800. The van der Waals surface area contributed by atoms with E-state index in [2.05, 4.69) is 146 Å². The van der Waals surface area contributed by atoms with Gasteiger partial charge in [0.05, 0.1) is 5.41 Å². The maximum Gasteiger partial charge on any atom is 0.135 e. The van der Waals surface area contributed by atoms with Gasteiger partial charge in [-0.1, -0.05) is 127 Å². The van der Waals surface area contributed by atoms with Gasteiger partial charge in [-0.3, -0.25) is 0 Å². The van der Waals surface area contributed by atoms with E-state index in [0.29, 0.717) is 0 Å². The molecular weight excluding hydrogens is 472 g/mol. The van der Waals surface area contributed by atoms with Gasteiger partial charge in [0.1, 0.15) is 11.5 Å². The number of ether oxygens (including phenoxy) is 1. The molecule has 0 saturated heterocycles. The van der Waals surface area contributed by atoms with Crippen molar-refractivity contribution < 1.29 is 4.74 Å². The number of para-hydroxylation sites is 1. The van der Waals surface area contributed by atoms with Gasteiger partial charge < -0.3 is 4.74 Å². The molecule has 1 nitrogen and oxygen atoms in total. The van der Waals surface area contributed by atoms with Gasteiger partial charge in [0, 0.05) is 23.1 Å². The van der Waals surface area contributed by atoms with Crippen molar-refractivity contribution in [3.05, 3.63) is 179 Å². The first-order valence-electron chi connectivity index (χ1n) is 13.6. The summed E-state index contributed by atoms with van der Waals surface area (Å²) in [6.45, 7) is 0. The summed E-state index contributed by atoms with van der Waals surface area (Å²) < 4.78 is 6.89. The summed E-state index contributed by atoms with van der Waals surface area (Å²) in [5, 5.41) is 0. The first-order valence-corrected chi connectivity index (χ1v) is 13.6. The molecule has 1 aliphatic carbocycles. The van der Waals surface area contributed by atoms with E-state index in [1.165, 1.54) is 55.6 Å². The SMILES string of the molecule is c1ccc(Cc2cc(-c3ccccc3)cc3c2Oc2ccccc2C32c3ccccc3-c3ccccc32)cc1. The lowest BCUT2D eigenvalue weighted by atomic mass is 9.65. The van der Waals surface area contributed by atoms with Crippen molar-refractivity contribution in [3.63, 3.8) is 0 Å². The molecule has 2 aliphatic rings. The minimum atomic E-state index is -0.465. The second-order valence-corrected chi connectivity index (χ2v) is 10.5. The third-order valence-corrected chi connectivity index (χ3v) is 8.37. The third-order valence-electron chi connectivity index (χ3n) is 8.37. The molecule has 184 valence electrons. The van der Waals surface area contributed by atoms with Crippen molar-refractivity contribution in [3.8, 4) is 33.8 Å². The lowest BCUT2D eigenvalue weighted by Crippen LogP contribution is -2.32. The Kier molecular flexibility index (Phi) is 4.87. The van der Waals surface area contributed by atoms with Gasteiger partial charge in [0.15, 0.2) is 0 Å². The lowest BCUT2D eigenvalue weighted by Gasteiger charge is -2.40. The van der Waals surface area contributed by atoms with E-state index in [1.54, 1.807) is 0 Å². The van der Waals surface area contributed by atoms with Gasteiger partial charge in [-0.2, -0.15) is 0 Å². The van der Waals surface area contributed by atoms with Gasteiger partial charge in [0.25, 0.3) is 0 Å². The molecule has 0 aromatic heterocycles. The average Bonchev–Trinajstić information content (AvgIpc) is 3.30. The molecule has 0 radical (unpaired) electrons. The van der Waals surface area contributed by atoms with Crippen LogP contribution in [0.25, 0.3) is 22.3 Å². The summed E-state index contributed by atoms with van der Waals surface area (Å²) in [6.07, 6.45) is 0.797. The van der Waals surface area contributed by atoms with Crippen molar-refractivity contribution >= 4 is 0 Å². The molecule has 0 unspecified atom stereocenters. The van der Waals surface area contributed by atoms with Crippen molar-refractivity contribution in [2.45, 2.75) is 11.8 Å². The zero-order valence-corrected chi connectivity index (χ0v) is 21.5. The molecule has 0 saturated carbocycles. The molecule has 1 heterocycles. The fourth-order valence-electron chi connectivity index (χ4n) is 6.77. The second-order valence-electron chi connectivity index (χ2n) is 10.5. The molecule has 1 spiro atoms. The van der Waals surface area contributed by atoms with E-state index >= 15 is 0 Å². The zero-order valence-electron chi connectivity index (χ0n) is 21.5. The normalized spacial score (nSPS) is 13.6. The minimum absolute atomic E-state index is 0.465. The van der Waals surface area contributed by atoms with E-state index in [9.17, 15) is 0 Å². The maximum atomic E-state index is 6.89. The Morgan fingerprint density at radius 1 is 0.462 bits per heavy atom. The van der Waals surface area contributed by atoms with Crippen molar-refractivity contribution in [2.75, 3.05) is 0 Å². The van der Waals surface area contributed by atoms with Gasteiger partial charge >= 0.3 is 0 Å². The summed E-state index contributed by atoms with van der Waals surface area (Å²) in [7, 11) is 0. The summed E-state index contributed by atoms with van der Waals surface area (Å²) >= 11 is 0. The molecule has 39 heavy (non-hydrogen) atoms. The lowest BCUT2D eigenvalue weighted by molar-refractivity contribution is 0.432. The summed E-state index contributed by atoms with van der Waals surface area (Å²) in [6, 6.07) is 52.6. The highest BCUT2D eigenvalue weighted by atomic mass is 16.5. The number of hydrogen-bond donors (Lipinski definition) is 0. The van der Waals surface area contributed by atoms with Crippen LogP contribution < -0.4 is 4.74 Å². The number of fused-ring (bicyclic) bond motifs is 9. The molecule has 0 amide bonds. The van der Waals surface area contributed by atoms with E-state index in [1.807, 2.05) is 0 Å². The van der Waals surface area contributed by atoms with Crippen LogP contribution in [0.2, 0.25) is 0 Å². The number of rotatable bonds is 3. The Morgan fingerprint density at radius 2 is 1.03 bits per heavy atom. The second kappa shape index (κ2) is 8.58. The first kappa shape index (κ1) is 22.1. The molecule has 0 N–H and O–H groups in total. The molecule has 1 aliphatic heterocycles. The third kappa shape index (κ3) is 3.20. The predicted molar refractivity (Wildman–Crippen MR) is 159 cm³/mol. The molecule has 8 rings (SSSR count). The van der Waals surface area contributed by atoms with Gasteiger partial charge in [0.2, 0.25) is 0 Å². The first-order chi connectivity index (χ1) is 19.3. The molecule has 0 bridgehead atoms. The van der Waals surface area contributed by atoms with E-state index in [4.69, 9.17) is 4.74 Å². The monoisotopic (exact) mass is 498 g/mol. The van der Waals surface area contributed by atoms with E-state index in [0.717, 1.165) is 17.9 Å². The topological polar surface area (TPSA) is 9.23 Å². The number of hydrogen-bond acceptors (Lipinski definition) is 1. The Labute approximate surface area is 229 Å². The quantitative estimate of drug-likeness (QED) is 0.236. The van der Waals surface area contributed by atoms with E-state index < -0.39 is 5.41 Å². The average molecular weight is 499 g/mol. The van der Waals surface area contributed by atoms with E-state index in [-0.39, 0.29) is 0 Å². The zero-order chi connectivity index (χ0) is 25.8. The highest BCUT2D eigenvalue weighted by Crippen LogP contribution is 2.62. The fourth-order valence-corrected chi connectivity index (χ4v) is 6.77. The van der Waals surface area contributed by atoms with Crippen LogP contribution >= 0.6 is 0 Å². The summed E-state index contributed by atoms with van der Waals surface area (Å²) in [4.78, 5) is 0. The largest absolute Gasteiger partial charge is 0.456 e. The molecule has 6 aromatic carbocycles. The van der Waals surface area contributed by atoms with Crippen LogP contribution in [0.15, 0.2) is 146 Å². The molecule has 6 aromatic rings. The van der Waals surface area contributed by atoms with Crippen LogP contribution in [-0.4, -0.2) is 0 Å². The van der Waals surface area contributed by atoms with Crippen LogP contribution in [0.3, 0.4) is 0 Å². The van der Waals surface area contributed by atoms with Crippen LogP contribution in [0, 0.1) is 0 Å². The standard InChI is InChI=1S/C38H26O/c1-3-13-26(14-4-1)23-29-24-28(27-15-5-2-6-16-27)25-35-37(29)39-36-22-12-11-21-34(36)38(35)32-19-9-7-17-30(32)31-18-8-10-20-33(31)38/h1-22,24-25H,23H2. The Morgan fingerprint density at radius 3 is 1.72 bits per heavy atom. The van der Waals surface area contributed by atoms with Crippen LogP contribution in [0.1, 0.15) is 33.4 Å². The van der Waals surface area contributed by atoms with Crippen LogP contribution in [-0.2, 0) is 11.8 Å². The highest BCUT2D eigenvalue weighted by molar-refractivity contribution is 5.89. The van der Waals surface area contributed by atoms with Crippen LogP contribution in [0.5, 0.6) is 11.5 Å². The van der Waals surface area contributed by atoms with Crippen molar-refractivity contribution in [2.24, 2.45) is 0 Å². The fraction of sp³-hybridized carbons (Fsp3) is 0.0526. The smallest absolute Gasteiger partial charge is 0.135 e. The van der Waals surface area contributed by atoms with Crippen molar-refractivity contribution in [1.29, 1.82) is 0 Å². The molecular formula is C38H26O. The van der Waals surface area contributed by atoms with Crippen molar-refractivity contribution in [1.82, 2.24) is 0 Å². The van der Waals surface area contributed by atoms with Gasteiger partial charge in [-0.25, -0.2) is 0 Å². The minimum Gasteiger partial charge on any atom is -0.456 e. The molecule has 0 atom stereocenters. The highest BCUT2D eigenvalue weighted by Gasteiger charge is 2.51. The van der Waals surface area contributed by atoms with Gasteiger partial charge in [-0.15, -0.1) is 0 Å².